The molecule has 1 atom stereocenters. The van der Waals surface area contributed by atoms with Crippen LogP contribution >= 0.6 is 0 Å². The summed E-state index contributed by atoms with van der Waals surface area (Å²) >= 11 is 0. The lowest BCUT2D eigenvalue weighted by Gasteiger charge is -2.26. The van der Waals surface area contributed by atoms with Crippen molar-refractivity contribution in [3.8, 4) is 0 Å². The molecule has 0 bridgehead atoms. The zero-order chi connectivity index (χ0) is 20.8. The normalized spacial score (nSPS) is 15.9. The Morgan fingerprint density at radius 3 is 2.67 bits per heavy atom. The molecule has 30 heavy (non-hydrogen) atoms. The van der Waals surface area contributed by atoms with Crippen molar-refractivity contribution >= 4 is 11.4 Å². The minimum atomic E-state index is -0.146. The van der Waals surface area contributed by atoms with Gasteiger partial charge in [-0.2, -0.15) is 0 Å². The van der Waals surface area contributed by atoms with Gasteiger partial charge >= 0.3 is 0 Å². The molecule has 1 saturated heterocycles. The monoisotopic (exact) mass is 406 g/mol. The van der Waals surface area contributed by atoms with Crippen LogP contribution in [0.3, 0.4) is 0 Å². The summed E-state index contributed by atoms with van der Waals surface area (Å²) in [6.45, 7) is 5.54. The van der Waals surface area contributed by atoms with Gasteiger partial charge in [0.1, 0.15) is 0 Å². The Kier molecular flexibility index (Phi) is 6.74. The van der Waals surface area contributed by atoms with Gasteiger partial charge in [0.25, 0.3) is 5.91 Å². The van der Waals surface area contributed by atoms with Gasteiger partial charge in [0.15, 0.2) is 0 Å². The molecule has 3 N–H and O–H groups in total. The van der Waals surface area contributed by atoms with Crippen LogP contribution in [0.5, 0.6) is 0 Å². The molecule has 3 aromatic rings. The van der Waals surface area contributed by atoms with Crippen LogP contribution in [-0.4, -0.2) is 60.0 Å². The quantitative estimate of drug-likeness (QED) is 0.532. The van der Waals surface area contributed by atoms with E-state index >= 15 is 0 Å². The summed E-state index contributed by atoms with van der Waals surface area (Å²) < 4.78 is 1.91. The van der Waals surface area contributed by atoms with Gasteiger partial charge in [0.2, 0.25) is 5.82 Å². The largest absolute Gasteiger partial charge is 0.343 e. The van der Waals surface area contributed by atoms with Crippen LogP contribution in [0.2, 0.25) is 0 Å². The predicted octanol–water partition coefficient (Wildman–Crippen LogP) is 1.82. The molecule has 7 nitrogen and oxygen atoms in total. The van der Waals surface area contributed by atoms with E-state index in [-0.39, 0.29) is 11.9 Å². The molecule has 0 radical (unpaired) electrons. The molecule has 2 aromatic heterocycles. The Morgan fingerprint density at radius 2 is 1.90 bits per heavy atom. The summed E-state index contributed by atoms with van der Waals surface area (Å²) in [6, 6.07) is 16.0. The Hall–Kier alpha value is -2.74. The van der Waals surface area contributed by atoms with Crippen molar-refractivity contribution in [3.63, 3.8) is 0 Å². The number of nitrogens with zero attached hydrogens (tertiary/aromatic N) is 3. The van der Waals surface area contributed by atoms with Crippen LogP contribution in [0.4, 0.5) is 0 Å². The van der Waals surface area contributed by atoms with Gasteiger partial charge in [-0.25, -0.2) is 4.98 Å². The van der Waals surface area contributed by atoms with E-state index < -0.39 is 0 Å². The first-order chi connectivity index (χ1) is 14.8. The molecule has 1 fully saturated rings. The minimum absolute atomic E-state index is 0.0705. The average molecular weight is 407 g/mol. The van der Waals surface area contributed by atoms with E-state index in [4.69, 9.17) is 4.98 Å². The maximum atomic E-state index is 13.3. The molecule has 158 valence electrons. The fourth-order valence-corrected chi connectivity index (χ4v) is 3.98. The van der Waals surface area contributed by atoms with Crippen LogP contribution in [0.1, 0.15) is 34.3 Å². The van der Waals surface area contributed by atoms with Gasteiger partial charge in [0, 0.05) is 38.9 Å². The van der Waals surface area contributed by atoms with Crippen molar-refractivity contribution in [2.45, 2.75) is 19.0 Å². The maximum absolute atomic E-state index is 13.3. The smallest absolute Gasteiger partial charge is 0.288 e. The molecule has 1 amide bonds. The molecule has 7 heteroatoms. The Morgan fingerprint density at radius 1 is 1.13 bits per heavy atom. The number of nitrogens with one attached hydrogen (secondary N) is 3. The summed E-state index contributed by atoms with van der Waals surface area (Å²) in [4.78, 5) is 20.4. The molecular weight excluding hydrogens is 376 g/mol. The van der Waals surface area contributed by atoms with Crippen molar-refractivity contribution in [3.05, 3.63) is 71.8 Å². The number of hydrogen-bond acceptors (Lipinski definition) is 5. The van der Waals surface area contributed by atoms with E-state index in [0.29, 0.717) is 5.82 Å². The predicted molar refractivity (Wildman–Crippen MR) is 119 cm³/mol. The molecule has 3 heterocycles. The van der Waals surface area contributed by atoms with Crippen LogP contribution in [0.15, 0.2) is 54.7 Å². The van der Waals surface area contributed by atoms with E-state index in [0.717, 1.165) is 62.5 Å². The number of carbonyl (C=O) groups is 1. The maximum Gasteiger partial charge on any atom is 0.288 e. The van der Waals surface area contributed by atoms with Crippen LogP contribution in [-0.2, 0) is 6.54 Å². The van der Waals surface area contributed by atoms with E-state index in [2.05, 4.69) is 33.0 Å². The second kappa shape index (κ2) is 9.84. The number of imidazole rings is 1. The highest BCUT2D eigenvalue weighted by Crippen LogP contribution is 2.19. The van der Waals surface area contributed by atoms with Crippen molar-refractivity contribution in [1.29, 1.82) is 0 Å². The molecule has 0 spiro atoms. The molecule has 1 aliphatic heterocycles. The molecule has 1 aromatic carbocycles. The zero-order valence-corrected chi connectivity index (χ0v) is 17.5. The summed E-state index contributed by atoms with van der Waals surface area (Å²) in [6.07, 6.45) is 2.73. The summed E-state index contributed by atoms with van der Waals surface area (Å²) in [7, 11) is 1.92. The van der Waals surface area contributed by atoms with Gasteiger partial charge in [0.05, 0.1) is 17.3 Å². The SMILES string of the molecule is CNCCC(NC(=O)c1nc(CN2CCNCC2)c2ccccn12)c1ccccc1. The van der Waals surface area contributed by atoms with Gasteiger partial charge in [-0.05, 0) is 37.7 Å². The number of benzene rings is 1. The van der Waals surface area contributed by atoms with Crippen LogP contribution in [0, 0.1) is 0 Å². The Bertz CT molecular complexity index is 964. The second-order valence-corrected chi connectivity index (χ2v) is 7.69. The molecule has 0 saturated carbocycles. The van der Waals surface area contributed by atoms with Crippen LogP contribution in [0.25, 0.3) is 5.52 Å². The first kappa shape index (κ1) is 20.5. The average Bonchev–Trinajstić information content (AvgIpc) is 3.16. The number of amides is 1. The van der Waals surface area contributed by atoms with Gasteiger partial charge in [-0.1, -0.05) is 36.4 Å². The van der Waals surface area contributed by atoms with Crippen LogP contribution < -0.4 is 16.0 Å². The fraction of sp³-hybridized carbons (Fsp3) is 0.391. The molecule has 1 unspecified atom stereocenters. The number of hydrogen-bond donors (Lipinski definition) is 3. The van der Waals surface area contributed by atoms with E-state index in [1.54, 1.807) is 0 Å². The van der Waals surface area contributed by atoms with E-state index in [9.17, 15) is 4.79 Å². The third kappa shape index (κ3) is 4.70. The Labute approximate surface area is 177 Å². The molecule has 4 rings (SSSR count). The lowest BCUT2D eigenvalue weighted by Crippen LogP contribution is -2.43. The van der Waals surface area contributed by atoms with Gasteiger partial charge in [-0.3, -0.25) is 14.1 Å². The highest BCUT2D eigenvalue weighted by atomic mass is 16.2. The number of rotatable bonds is 8. The highest BCUT2D eigenvalue weighted by molar-refractivity contribution is 5.92. The van der Waals surface area contributed by atoms with Crippen molar-refractivity contribution < 1.29 is 4.79 Å². The number of carbonyl (C=O) groups excluding carboxylic acids is 1. The molecule has 0 aliphatic carbocycles. The fourth-order valence-electron chi connectivity index (χ4n) is 3.98. The molecule has 1 aliphatic rings. The first-order valence-corrected chi connectivity index (χ1v) is 10.7. The standard InChI is InChI=1S/C23H30N6O/c1-24-11-10-19(18-7-3-2-4-8-18)27-23(30)22-26-20(17-28-15-12-25-13-16-28)21-9-5-6-14-29(21)22/h2-9,14,19,24-25H,10-13,15-17H2,1H3,(H,27,30). The van der Waals surface area contributed by atoms with E-state index in [1.165, 1.54) is 0 Å². The number of piperazine rings is 1. The summed E-state index contributed by atoms with van der Waals surface area (Å²) in [5, 5.41) is 9.76. The Balaban J connectivity index is 1.58. The minimum Gasteiger partial charge on any atom is -0.343 e. The van der Waals surface area contributed by atoms with Crippen molar-refractivity contribution in [2.24, 2.45) is 0 Å². The number of fused-ring (bicyclic) bond motifs is 1. The van der Waals surface area contributed by atoms with E-state index in [1.807, 2.05) is 54.0 Å². The lowest BCUT2D eigenvalue weighted by molar-refractivity contribution is 0.0923. The van der Waals surface area contributed by atoms with Crippen molar-refractivity contribution in [2.75, 3.05) is 39.8 Å². The summed E-state index contributed by atoms with van der Waals surface area (Å²) in [5.41, 5.74) is 3.05. The third-order valence-electron chi connectivity index (χ3n) is 5.60. The molecular formula is C23H30N6O. The third-order valence-corrected chi connectivity index (χ3v) is 5.60. The van der Waals surface area contributed by atoms with Gasteiger partial charge < -0.3 is 16.0 Å². The lowest BCUT2D eigenvalue weighted by atomic mass is 10.0. The van der Waals surface area contributed by atoms with Crippen molar-refractivity contribution in [1.82, 2.24) is 30.2 Å². The topological polar surface area (TPSA) is 73.7 Å². The van der Waals surface area contributed by atoms with Gasteiger partial charge in [-0.15, -0.1) is 0 Å². The first-order valence-electron chi connectivity index (χ1n) is 10.7. The number of aromatic nitrogens is 2. The second-order valence-electron chi connectivity index (χ2n) is 7.69. The summed E-state index contributed by atoms with van der Waals surface area (Å²) in [5.74, 6) is 0.300. The zero-order valence-electron chi connectivity index (χ0n) is 17.5. The highest BCUT2D eigenvalue weighted by Gasteiger charge is 2.22. The number of pyridine rings is 1.